The van der Waals surface area contributed by atoms with Crippen molar-refractivity contribution in [1.82, 2.24) is 0 Å². The minimum atomic E-state index is -3.11. The number of para-hydroxylation sites is 1. The monoisotopic (exact) mass is 300 g/mol. The van der Waals surface area contributed by atoms with Crippen LogP contribution in [0.2, 0.25) is 0 Å². The van der Waals surface area contributed by atoms with Gasteiger partial charge in [-0.25, -0.2) is 0 Å². The van der Waals surface area contributed by atoms with Gasteiger partial charge >= 0.3 is 7.60 Å². The Kier molecular flexibility index (Phi) is 6.25. The maximum absolute atomic E-state index is 12.6. The van der Waals surface area contributed by atoms with Crippen LogP contribution in [0.15, 0.2) is 24.3 Å². The molecule has 0 aliphatic heterocycles. The highest BCUT2D eigenvalue weighted by atomic mass is 31.2. The number of hydrogen-bond donors (Lipinski definition) is 0. The van der Waals surface area contributed by atoms with Gasteiger partial charge in [0.1, 0.15) is 11.4 Å². The molecule has 0 radical (unpaired) electrons. The van der Waals surface area contributed by atoms with Crippen molar-refractivity contribution in [2.24, 2.45) is 0 Å². The molecular weight excluding hydrogens is 275 g/mol. The van der Waals surface area contributed by atoms with Gasteiger partial charge in [-0.1, -0.05) is 18.2 Å². The van der Waals surface area contributed by atoms with Crippen LogP contribution in [0, 0.1) is 0 Å². The minimum Gasteiger partial charge on any atom is -0.488 e. The Morgan fingerprint density at radius 1 is 1.05 bits per heavy atom. The number of benzene rings is 1. The summed E-state index contributed by atoms with van der Waals surface area (Å²) >= 11 is 0. The Morgan fingerprint density at radius 3 is 2.10 bits per heavy atom. The van der Waals surface area contributed by atoms with Crippen LogP contribution in [0.5, 0.6) is 5.75 Å². The molecule has 0 amide bonds. The normalized spacial score (nSPS) is 12.4. The van der Waals surface area contributed by atoms with Crippen LogP contribution in [-0.2, 0) is 19.8 Å². The highest BCUT2D eigenvalue weighted by molar-refractivity contribution is 7.53. The van der Waals surface area contributed by atoms with Gasteiger partial charge in [0.15, 0.2) is 0 Å². The van der Waals surface area contributed by atoms with Gasteiger partial charge in [-0.2, -0.15) is 0 Å². The van der Waals surface area contributed by atoms with E-state index in [4.69, 9.17) is 13.8 Å². The van der Waals surface area contributed by atoms with E-state index in [1.807, 2.05) is 58.9 Å². The largest absolute Gasteiger partial charge is 0.488 e. The topological polar surface area (TPSA) is 44.8 Å². The zero-order valence-corrected chi connectivity index (χ0v) is 13.9. The molecule has 20 heavy (non-hydrogen) atoms. The van der Waals surface area contributed by atoms with Gasteiger partial charge in [-0.05, 0) is 40.7 Å². The van der Waals surface area contributed by atoms with E-state index in [9.17, 15) is 4.57 Å². The van der Waals surface area contributed by atoms with Crippen molar-refractivity contribution in [2.75, 3.05) is 13.2 Å². The van der Waals surface area contributed by atoms with E-state index in [2.05, 4.69) is 0 Å². The molecule has 1 rings (SSSR count). The molecule has 1 aromatic carbocycles. The van der Waals surface area contributed by atoms with Gasteiger partial charge in [0.05, 0.1) is 19.4 Å². The van der Waals surface area contributed by atoms with E-state index < -0.39 is 7.60 Å². The van der Waals surface area contributed by atoms with Crippen LogP contribution in [0.1, 0.15) is 40.2 Å². The smallest absolute Gasteiger partial charge is 0.335 e. The third kappa shape index (κ3) is 5.66. The molecule has 0 saturated heterocycles. The Balaban J connectivity index is 2.98. The first kappa shape index (κ1) is 17.2. The molecule has 5 heteroatoms. The summed E-state index contributed by atoms with van der Waals surface area (Å²) in [6.07, 6.45) is 0.223. The molecule has 1 aromatic rings. The Labute approximate surface area is 122 Å². The number of ether oxygens (including phenoxy) is 1. The summed E-state index contributed by atoms with van der Waals surface area (Å²) in [6.45, 7) is 10.3. The fourth-order valence-corrected chi connectivity index (χ4v) is 3.52. The lowest BCUT2D eigenvalue weighted by atomic mass is 10.1. The van der Waals surface area contributed by atoms with Crippen molar-refractivity contribution < 1.29 is 18.3 Å². The molecule has 0 bridgehead atoms. The first-order valence-corrected chi connectivity index (χ1v) is 8.67. The third-order valence-electron chi connectivity index (χ3n) is 2.40. The van der Waals surface area contributed by atoms with Gasteiger partial charge in [-0.3, -0.25) is 4.57 Å². The fraction of sp³-hybridized carbons (Fsp3) is 0.600. The molecule has 0 aliphatic rings. The van der Waals surface area contributed by atoms with Gasteiger partial charge in [0.25, 0.3) is 0 Å². The standard InChI is InChI=1S/C15H25O4P/c1-6-17-20(16,18-7-2)12-13-10-8-9-11-14(13)19-15(3,4)5/h8-11H,6-7,12H2,1-5H3. The predicted molar refractivity (Wildman–Crippen MR) is 81.4 cm³/mol. The molecule has 114 valence electrons. The Hall–Kier alpha value is -0.830. The summed E-state index contributed by atoms with van der Waals surface area (Å²) < 4.78 is 29.2. The summed E-state index contributed by atoms with van der Waals surface area (Å²) in [5.74, 6) is 0.722. The summed E-state index contributed by atoms with van der Waals surface area (Å²) in [4.78, 5) is 0. The summed E-state index contributed by atoms with van der Waals surface area (Å²) in [5, 5.41) is 0. The molecule has 0 aromatic heterocycles. The van der Waals surface area contributed by atoms with E-state index in [1.165, 1.54) is 0 Å². The van der Waals surface area contributed by atoms with E-state index in [0.29, 0.717) is 13.2 Å². The molecule has 0 N–H and O–H groups in total. The number of rotatable bonds is 7. The van der Waals surface area contributed by atoms with Crippen LogP contribution in [0.3, 0.4) is 0 Å². The van der Waals surface area contributed by atoms with Gasteiger partial charge < -0.3 is 13.8 Å². The molecular formula is C15H25O4P. The lowest BCUT2D eigenvalue weighted by Gasteiger charge is -2.24. The Morgan fingerprint density at radius 2 is 1.60 bits per heavy atom. The first-order chi connectivity index (χ1) is 9.29. The average Bonchev–Trinajstić information content (AvgIpc) is 2.30. The highest BCUT2D eigenvalue weighted by Gasteiger charge is 2.26. The Bertz CT molecular complexity index is 455. The van der Waals surface area contributed by atoms with Gasteiger partial charge in [-0.15, -0.1) is 0 Å². The molecule has 0 atom stereocenters. The maximum Gasteiger partial charge on any atom is 0.335 e. The number of hydrogen-bond acceptors (Lipinski definition) is 4. The second-order valence-corrected chi connectivity index (χ2v) is 7.48. The molecule has 4 nitrogen and oxygen atoms in total. The van der Waals surface area contributed by atoms with Crippen LogP contribution in [0.25, 0.3) is 0 Å². The van der Waals surface area contributed by atoms with Crippen molar-refractivity contribution in [2.45, 2.75) is 46.4 Å². The van der Waals surface area contributed by atoms with Crippen LogP contribution in [-0.4, -0.2) is 18.8 Å². The van der Waals surface area contributed by atoms with Crippen LogP contribution in [0.4, 0.5) is 0 Å². The van der Waals surface area contributed by atoms with Crippen molar-refractivity contribution in [3.05, 3.63) is 29.8 Å². The van der Waals surface area contributed by atoms with E-state index in [0.717, 1.165) is 11.3 Å². The molecule has 0 unspecified atom stereocenters. The molecule has 0 saturated carbocycles. The summed E-state index contributed by atoms with van der Waals surface area (Å²) in [7, 11) is -3.11. The zero-order chi connectivity index (χ0) is 15.2. The maximum atomic E-state index is 12.6. The van der Waals surface area contributed by atoms with Gasteiger partial charge in [0, 0.05) is 5.56 Å². The minimum absolute atomic E-state index is 0.223. The second kappa shape index (κ2) is 7.26. The molecule has 0 fully saturated rings. The second-order valence-electron chi connectivity index (χ2n) is 5.43. The van der Waals surface area contributed by atoms with Crippen molar-refractivity contribution in [1.29, 1.82) is 0 Å². The van der Waals surface area contributed by atoms with Crippen molar-refractivity contribution in [3.63, 3.8) is 0 Å². The lowest BCUT2D eigenvalue weighted by Crippen LogP contribution is -2.23. The van der Waals surface area contributed by atoms with E-state index >= 15 is 0 Å². The summed E-state index contributed by atoms with van der Waals surface area (Å²) in [5.41, 5.74) is 0.532. The van der Waals surface area contributed by atoms with Crippen molar-refractivity contribution >= 4 is 7.60 Å². The van der Waals surface area contributed by atoms with Gasteiger partial charge in [0.2, 0.25) is 0 Å². The SMILES string of the molecule is CCOP(=O)(Cc1ccccc1OC(C)(C)C)OCC. The predicted octanol–water partition coefficient (Wildman–Crippen LogP) is 4.63. The average molecular weight is 300 g/mol. The molecule has 0 heterocycles. The lowest BCUT2D eigenvalue weighted by molar-refractivity contribution is 0.129. The molecule has 0 spiro atoms. The fourth-order valence-electron chi connectivity index (χ4n) is 1.79. The van der Waals surface area contributed by atoms with E-state index in [1.54, 1.807) is 0 Å². The van der Waals surface area contributed by atoms with Crippen molar-refractivity contribution in [3.8, 4) is 5.75 Å². The quantitative estimate of drug-likeness (QED) is 0.689. The summed E-state index contributed by atoms with van der Waals surface area (Å²) in [6, 6.07) is 7.57. The highest BCUT2D eigenvalue weighted by Crippen LogP contribution is 2.52. The zero-order valence-electron chi connectivity index (χ0n) is 13.0. The van der Waals surface area contributed by atoms with E-state index in [-0.39, 0.29) is 11.8 Å². The van der Waals surface area contributed by atoms with Crippen LogP contribution < -0.4 is 4.74 Å². The molecule has 0 aliphatic carbocycles. The van der Waals surface area contributed by atoms with Crippen LogP contribution >= 0.6 is 7.60 Å². The first-order valence-electron chi connectivity index (χ1n) is 6.94. The third-order valence-corrected chi connectivity index (χ3v) is 4.44.